The minimum Gasteiger partial charge on any atom is -0.306 e. The predicted octanol–water partition coefficient (Wildman–Crippen LogP) is 4.91. The Balaban J connectivity index is 1.94. The normalized spacial score (nSPS) is 11.1. The van der Waals surface area contributed by atoms with Crippen molar-refractivity contribution in [1.29, 1.82) is 0 Å². The minimum absolute atomic E-state index is 0.826. The lowest BCUT2D eigenvalue weighted by atomic mass is 10.1. The summed E-state index contributed by atoms with van der Waals surface area (Å²) in [7, 11) is 2.18. The molecule has 1 heterocycles. The van der Waals surface area contributed by atoms with Crippen LogP contribution in [0.1, 0.15) is 24.6 Å². The van der Waals surface area contributed by atoms with Crippen LogP contribution in [0.5, 0.6) is 0 Å². The highest BCUT2D eigenvalue weighted by Crippen LogP contribution is 2.30. The molecule has 22 heavy (non-hydrogen) atoms. The first kappa shape index (κ1) is 17.3. The van der Waals surface area contributed by atoms with Crippen LogP contribution in [0.3, 0.4) is 0 Å². The number of halogens is 1. The fourth-order valence-electron chi connectivity index (χ4n) is 2.26. The summed E-state index contributed by atoms with van der Waals surface area (Å²) in [5, 5.41) is 0.826. The quantitative estimate of drug-likeness (QED) is 0.638. The first-order valence-electron chi connectivity index (χ1n) is 7.68. The Hall–Kier alpha value is -1.03. The molecule has 0 unspecified atom stereocenters. The molecule has 2 aromatic rings. The molecule has 0 amide bonds. The number of benzene rings is 1. The van der Waals surface area contributed by atoms with Crippen LogP contribution in [-0.4, -0.2) is 30.0 Å². The van der Waals surface area contributed by atoms with Crippen molar-refractivity contribution in [3.63, 3.8) is 0 Å². The number of nitrogens with zero attached hydrogens (tertiary/aromatic N) is 2. The molecule has 0 fully saturated rings. The van der Waals surface area contributed by atoms with Crippen molar-refractivity contribution in [3.8, 4) is 0 Å². The highest BCUT2D eigenvalue weighted by molar-refractivity contribution is 7.98. The Bertz CT molecular complexity index is 575. The van der Waals surface area contributed by atoms with Gasteiger partial charge in [0.05, 0.1) is 10.7 Å². The third kappa shape index (κ3) is 5.64. The second-order valence-electron chi connectivity index (χ2n) is 5.43. The topological polar surface area (TPSA) is 16.1 Å². The molecule has 0 aliphatic heterocycles. The van der Waals surface area contributed by atoms with Gasteiger partial charge in [-0.25, -0.2) is 0 Å². The van der Waals surface area contributed by atoms with Crippen LogP contribution in [0.25, 0.3) is 0 Å². The largest absolute Gasteiger partial charge is 0.306 e. The lowest BCUT2D eigenvalue weighted by Crippen LogP contribution is -2.21. The van der Waals surface area contributed by atoms with Crippen molar-refractivity contribution < 1.29 is 0 Å². The third-order valence-corrected chi connectivity index (χ3v) is 5.02. The maximum atomic E-state index is 6.32. The molecule has 0 atom stereocenters. The Labute approximate surface area is 142 Å². The maximum Gasteiger partial charge on any atom is 0.0542 e. The second kappa shape index (κ2) is 9.19. The smallest absolute Gasteiger partial charge is 0.0542 e. The van der Waals surface area contributed by atoms with Gasteiger partial charge < -0.3 is 4.90 Å². The van der Waals surface area contributed by atoms with Gasteiger partial charge in [0.1, 0.15) is 0 Å². The van der Waals surface area contributed by atoms with Crippen LogP contribution in [-0.2, 0) is 12.2 Å². The van der Waals surface area contributed by atoms with Gasteiger partial charge in [-0.3, -0.25) is 4.98 Å². The third-order valence-electron chi connectivity index (χ3n) is 3.48. The summed E-state index contributed by atoms with van der Waals surface area (Å²) in [6.07, 6.45) is 4.09. The van der Waals surface area contributed by atoms with Crippen molar-refractivity contribution in [3.05, 3.63) is 58.9 Å². The fourth-order valence-corrected chi connectivity index (χ4v) is 3.46. The standard InChI is InChI=1S/C18H23ClN2S/c1-3-11-21(2)12-9-15-7-8-17(19)18(13-15)22-14-16-6-4-5-10-20-16/h4-8,10,13H,3,9,11-12,14H2,1-2H3. The molecule has 1 aromatic heterocycles. The van der Waals surface area contributed by atoms with Crippen molar-refractivity contribution in [1.82, 2.24) is 9.88 Å². The van der Waals surface area contributed by atoms with Crippen molar-refractivity contribution in [2.45, 2.75) is 30.4 Å². The summed E-state index contributed by atoms with van der Waals surface area (Å²) >= 11 is 8.07. The van der Waals surface area contributed by atoms with E-state index in [1.54, 1.807) is 11.8 Å². The van der Waals surface area contributed by atoms with Gasteiger partial charge in [0, 0.05) is 23.4 Å². The zero-order valence-electron chi connectivity index (χ0n) is 13.3. The molecule has 1 aromatic carbocycles. The molecule has 0 saturated heterocycles. The fraction of sp³-hybridized carbons (Fsp3) is 0.389. The number of rotatable bonds is 8. The highest BCUT2D eigenvalue weighted by Gasteiger charge is 2.05. The predicted molar refractivity (Wildman–Crippen MR) is 96.7 cm³/mol. The van der Waals surface area contributed by atoms with Gasteiger partial charge in [-0.05, 0) is 56.3 Å². The van der Waals surface area contributed by atoms with Gasteiger partial charge in [0.2, 0.25) is 0 Å². The minimum atomic E-state index is 0.826. The van der Waals surface area contributed by atoms with Crippen molar-refractivity contribution >= 4 is 23.4 Å². The molecule has 0 bridgehead atoms. The number of aromatic nitrogens is 1. The molecule has 2 nitrogen and oxygen atoms in total. The number of hydrogen-bond acceptors (Lipinski definition) is 3. The van der Waals surface area contributed by atoms with E-state index in [1.807, 2.05) is 30.5 Å². The van der Waals surface area contributed by atoms with Crippen LogP contribution in [0, 0.1) is 0 Å². The van der Waals surface area contributed by atoms with E-state index < -0.39 is 0 Å². The Morgan fingerprint density at radius 2 is 2.05 bits per heavy atom. The van der Waals surface area contributed by atoms with E-state index in [0.29, 0.717) is 0 Å². The summed E-state index contributed by atoms with van der Waals surface area (Å²) in [4.78, 5) is 7.87. The Morgan fingerprint density at radius 1 is 1.18 bits per heavy atom. The Morgan fingerprint density at radius 3 is 2.77 bits per heavy atom. The zero-order chi connectivity index (χ0) is 15.8. The lowest BCUT2D eigenvalue weighted by molar-refractivity contribution is 0.339. The van der Waals surface area contributed by atoms with Gasteiger partial charge in [-0.1, -0.05) is 30.7 Å². The number of thioether (sulfide) groups is 1. The van der Waals surface area contributed by atoms with Crippen LogP contribution in [0.15, 0.2) is 47.5 Å². The van der Waals surface area contributed by atoms with E-state index in [-0.39, 0.29) is 0 Å². The number of hydrogen-bond donors (Lipinski definition) is 0. The van der Waals surface area contributed by atoms with E-state index in [0.717, 1.165) is 40.9 Å². The SMILES string of the molecule is CCCN(C)CCc1ccc(Cl)c(SCc2ccccn2)c1. The lowest BCUT2D eigenvalue weighted by Gasteiger charge is -2.15. The monoisotopic (exact) mass is 334 g/mol. The van der Waals surface area contributed by atoms with Gasteiger partial charge in [-0.15, -0.1) is 11.8 Å². The molecule has 0 radical (unpaired) electrons. The highest BCUT2D eigenvalue weighted by atomic mass is 35.5. The molecule has 2 rings (SSSR count). The average Bonchev–Trinajstić information content (AvgIpc) is 2.54. The maximum absolute atomic E-state index is 6.32. The van der Waals surface area contributed by atoms with Crippen LogP contribution in [0.4, 0.5) is 0 Å². The second-order valence-corrected chi connectivity index (χ2v) is 6.85. The molecule has 0 aliphatic rings. The molecular weight excluding hydrogens is 312 g/mol. The molecule has 0 spiro atoms. The van der Waals surface area contributed by atoms with Crippen molar-refractivity contribution in [2.24, 2.45) is 0 Å². The Kier molecular flexibility index (Phi) is 7.23. The van der Waals surface area contributed by atoms with Crippen LogP contribution in [0.2, 0.25) is 5.02 Å². The van der Waals surface area contributed by atoms with Crippen LogP contribution >= 0.6 is 23.4 Å². The van der Waals surface area contributed by atoms with Gasteiger partial charge >= 0.3 is 0 Å². The molecule has 0 N–H and O–H groups in total. The molecule has 118 valence electrons. The first-order chi connectivity index (χ1) is 10.7. The van der Waals surface area contributed by atoms with Gasteiger partial charge in [0.25, 0.3) is 0 Å². The van der Waals surface area contributed by atoms with Gasteiger partial charge in [-0.2, -0.15) is 0 Å². The van der Waals surface area contributed by atoms with E-state index in [9.17, 15) is 0 Å². The average molecular weight is 335 g/mol. The van der Waals surface area contributed by atoms with Crippen LogP contribution < -0.4 is 0 Å². The zero-order valence-corrected chi connectivity index (χ0v) is 14.8. The summed E-state index contributed by atoms with van der Waals surface area (Å²) in [5.74, 6) is 0.847. The number of pyridine rings is 1. The van der Waals surface area contributed by atoms with E-state index in [2.05, 4.69) is 36.0 Å². The van der Waals surface area contributed by atoms with E-state index in [1.165, 1.54) is 12.0 Å². The van der Waals surface area contributed by atoms with Gasteiger partial charge in [0.15, 0.2) is 0 Å². The van der Waals surface area contributed by atoms with E-state index in [4.69, 9.17) is 11.6 Å². The summed E-state index contributed by atoms with van der Waals surface area (Å²) in [5.41, 5.74) is 2.42. The summed E-state index contributed by atoms with van der Waals surface area (Å²) < 4.78 is 0. The van der Waals surface area contributed by atoms with E-state index >= 15 is 0 Å². The molecule has 0 saturated carbocycles. The molecule has 0 aliphatic carbocycles. The van der Waals surface area contributed by atoms with Crippen molar-refractivity contribution in [2.75, 3.05) is 20.1 Å². The summed E-state index contributed by atoms with van der Waals surface area (Å²) in [6.45, 7) is 4.44. The molecule has 4 heteroatoms. The molecular formula is C18H23ClN2S. The summed E-state index contributed by atoms with van der Waals surface area (Å²) in [6, 6.07) is 12.4. The first-order valence-corrected chi connectivity index (χ1v) is 9.05. The number of likely N-dealkylation sites (N-methyl/N-ethyl adjacent to an activating group) is 1.